The Morgan fingerprint density at radius 2 is 2.09 bits per heavy atom. The van der Waals surface area contributed by atoms with Crippen molar-refractivity contribution in [3.05, 3.63) is 29.8 Å². The molecule has 1 aromatic rings. The van der Waals surface area contributed by atoms with Crippen LogP contribution in [-0.2, 0) is 21.2 Å². The Labute approximate surface area is 137 Å². The number of para-hydroxylation sites is 1. The predicted octanol–water partition coefficient (Wildman–Crippen LogP) is 0.589. The molecule has 1 unspecified atom stereocenters. The average Bonchev–Trinajstić information content (AvgIpc) is 2.89. The van der Waals surface area contributed by atoms with Crippen LogP contribution in [0.25, 0.3) is 0 Å². The minimum absolute atomic E-state index is 0.0926. The van der Waals surface area contributed by atoms with Crippen LogP contribution in [0.2, 0.25) is 0 Å². The van der Waals surface area contributed by atoms with E-state index >= 15 is 0 Å². The summed E-state index contributed by atoms with van der Waals surface area (Å²) in [4.78, 5) is 16.5. The van der Waals surface area contributed by atoms with Crippen molar-refractivity contribution in [1.29, 1.82) is 0 Å². The molecular weight excluding hydrogens is 314 g/mol. The van der Waals surface area contributed by atoms with Crippen LogP contribution in [0.5, 0.6) is 0 Å². The lowest BCUT2D eigenvalue weighted by molar-refractivity contribution is -0.119. The van der Waals surface area contributed by atoms with Crippen molar-refractivity contribution in [1.82, 2.24) is 9.62 Å². The number of anilines is 1. The molecule has 2 heterocycles. The van der Waals surface area contributed by atoms with Crippen LogP contribution in [0.3, 0.4) is 0 Å². The lowest BCUT2D eigenvalue weighted by atomic mass is 10.1. The number of amides is 1. The first-order valence-corrected chi connectivity index (χ1v) is 9.89. The van der Waals surface area contributed by atoms with Crippen LogP contribution in [0, 0.1) is 0 Å². The molecule has 0 aromatic heterocycles. The molecule has 1 amide bonds. The van der Waals surface area contributed by atoms with E-state index in [0.717, 1.165) is 38.0 Å². The van der Waals surface area contributed by atoms with Crippen molar-refractivity contribution in [2.45, 2.75) is 25.3 Å². The van der Waals surface area contributed by atoms with E-state index < -0.39 is 10.0 Å². The zero-order valence-corrected chi connectivity index (χ0v) is 14.2. The Balaban J connectivity index is 1.60. The number of fused-ring (bicyclic) bond motifs is 1. The highest BCUT2D eigenvalue weighted by Crippen LogP contribution is 2.27. The first-order valence-electron chi connectivity index (χ1n) is 8.00. The van der Waals surface area contributed by atoms with Gasteiger partial charge in [0.1, 0.15) is 0 Å². The van der Waals surface area contributed by atoms with Gasteiger partial charge in [0.2, 0.25) is 15.9 Å². The largest absolute Gasteiger partial charge is 0.311 e. The fourth-order valence-corrected chi connectivity index (χ4v) is 4.27. The lowest BCUT2D eigenvalue weighted by Gasteiger charge is -2.33. The Morgan fingerprint density at radius 3 is 2.87 bits per heavy atom. The molecule has 3 rings (SSSR count). The number of nitrogens with zero attached hydrogens (tertiary/aromatic N) is 2. The van der Waals surface area contributed by atoms with E-state index in [4.69, 9.17) is 0 Å². The lowest BCUT2D eigenvalue weighted by Crippen LogP contribution is -2.50. The molecule has 7 heteroatoms. The Kier molecular flexibility index (Phi) is 4.70. The molecular formula is C16H23N3O3S. The minimum Gasteiger partial charge on any atom is -0.311 e. The second-order valence-electron chi connectivity index (χ2n) is 6.39. The molecule has 1 N–H and O–H groups in total. The second kappa shape index (κ2) is 6.59. The maximum Gasteiger partial charge on any atom is 0.241 e. The van der Waals surface area contributed by atoms with E-state index in [1.54, 1.807) is 0 Å². The minimum atomic E-state index is -3.20. The summed E-state index contributed by atoms with van der Waals surface area (Å²) in [5.74, 6) is 0.0926. The fraction of sp³-hybridized carbons (Fsp3) is 0.562. The number of rotatable bonds is 4. The van der Waals surface area contributed by atoms with Crippen molar-refractivity contribution in [2.24, 2.45) is 0 Å². The molecule has 1 fully saturated rings. The number of benzene rings is 1. The van der Waals surface area contributed by atoms with Gasteiger partial charge in [-0.2, -0.15) is 0 Å². The number of likely N-dealkylation sites (tertiary alicyclic amines) is 1. The van der Waals surface area contributed by atoms with Gasteiger partial charge in [0.15, 0.2) is 0 Å². The van der Waals surface area contributed by atoms with Crippen molar-refractivity contribution in [3.63, 3.8) is 0 Å². The molecule has 1 aromatic carbocycles. The summed E-state index contributed by atoms with van der Waals surface area (Å²) in [6.07, 6.45) is 3.81. The average molecular weight is 337 g/mol. The number of carbonyl (C=O) groups is 1. The van der Waals surface area contributed by atoms with E-state index in [2.05, 4.69) is 15.7 Å². The second-order valence-corrected chi connectivity index (χ2v) is 8.17. The van der Waals surface area contributed by atoms with Crippen molar-refractivity contribution < 1.29 is 13.2 Å². The Morgan fingerprint density at radius 1 is 1.30 bits per heavy atom. The molecule has 0 spiro atoms. The monoisotopic (exact) mass is 337 g/mol. The number of hydrogen-bond acceptors (Lipinski definition) is 4. The third-order valence-electron chi connectivity index (χ3n) is 4.43. The third kappa shape index (κ3) is 4.10. The van der Waals surface area contributed by atoms with Gasteiger partial charge < -0.3 is 4.90 Å². The maximum atomic E-state index is 12.6. The number of carbonyl (C=O) groups excluding carboxylic acids is 1. The quantitative estimate of drug-likeness (QED) is 0.873. The van der Waals surface area contributed by atoms with Gasteiger partial charge in [-0.1, -0.05) is 18.2 Å². The molecule has 23 heavy (non-hydrogen) atoms. The highest BCUT2D eigenvalue weighted by Gasteiger charge is 2.28. The summed E-state index contributed by atoms with van der Waals surface area (Å²) in [6.45, 7) is 2.50. The summed E-state index contributed by atoms with van der Waals surface area (Å²) in [5.41, 5.74) is 2.23. The third-order valence-corrected chi connectivity index (χ3v) is 5.19. The van der Waals surface area contributed by atoms with Crippen LogP contribution < -0.4 is 9.62 Å². The van der Waals surface area contributed by atoms with Gasteiger partial charge in [-0.3, -0.25) is 9.69 Å². The molecule has 0 saturated carbocycles. The zero-order chi connectivity index (χ0) is 16.4. The number of nitrogens with one attached hydrogen (secondary N) is 1. The summed E-state index contributed by atoms with van der Waals surface area (Å²) in [5, 5.41) is 0. The topological polar surface area (TPSA) is 69.7 Å². The maximum absolute atomic E-state index is 12.6. The van der Waals surface area contributed by atoms with E-state index in [0.29, 0.717) is 13.1 Å². The zero-order valence-electron chi connectivity index (χ0n) is 13.4. The fourth-order valence-electron chi connectivity index (χ4n) is 3.47. The van der Waals surface area contributed by atoms with Crippen LogP contribution in [-0.4, -0.2) is 57.7 Å². The van der Waals surface area contributed by atoms with Gasteiger partial charge in [-0.05, 0) is 37.4 Å². The number of sulfonamides is 1. The van der Waals surface area contributed by atoms with Gasteiger partial charge in [0.05, 0.1) is 12.8 Å². The molecule has 0 bridgehead atoms. The van der Waals surface area contributed by atoms with E-state index in [-0.39, 0.29) is 11.9 Å². The first kappa shape index (κ1) is 16.4. The molecule has 1 saturated heterocycles. The Hall–Kier alpha value is -1.44. The molecule has 1 atom stereocenters. The van der Waals surface area contributed by atoms with Crippen molar-refractivity contribution in [2.75, 3.05) is 37.3 Å². The SMILES string of the molecule is CS(=O)(=O)NC1CCCN(CC(=O)N2CCc3ccccc32)C1. The Bertz CT molecular complexity index is 690. The predicted molar refractivity (Wildman–Crippen MR) is 89.9 cm³/mol. The molecule has 6 nitrogen and oxygen atoms in total. The van der Waals surface area contributed by atoms with Gasteiger partial charge in [0, 0.05) is 24.8 Å². The standard InChI is InChI=1S/C16H23N3O3S/c1-23(21,22)17-14-6-4-9-18(11-14)12-16(20)19-10-8-13-5-2-3-7-15(13)19/h2-3,5,7,14,17H,4,6,8-12H2,1H3. The van der Waals surface area contributed by atoms with E-state index in [1.165, 1.54) is 11.8 Å². The van der Waals surface area contributed by atoms with Gasteiger partial charge in [0.25, 0.3) is 0 Å². The number of hydrogen-bond donors (Lipinski definition) is 1. The smallest absolute Gasteiger partial charge is 0.241 e. The molecule has 0 aliphatic carbocycles. The van der Waals surface area contributed by atoms with E-state index in [1.807, 2.05) is 23.1 Å². The summed E-state index contributed by atoms with van der Waals surface area (Å²) >= 11 is 0. The van der Waals surface area contributed by atoms with E-state index in [9.17, 15) is 13.2 Å². The highest BCUT2D eigenvalue weighted by atomic mass is 32.2. The molecule has 2 aliphatic rings. The van der Waals surface area contributed by atoms with Gasteiger partial charge in [-0.15, -0.1) is 0 Å². The van der Waals surface area contributed by atoms with Crippen LogP contribution in [0.1, 0.15) is 18.4 Å². The normalized spacial score (nSPS) is 22.1. The molecule has 126 valence electrons. The highest BCUT2D eigenvalue weighted by molar-refractivity contribution is 7.88. The summed E-state index contributed by atoms with van der Waals surface area (Å²) in [6, 6.07) is 7.91. The van der Waals surface area contributed by atoms with Crippen LogP contribution in [0.15, 0.2) is 24.3 Å². The van der Waals surface area contributed by atoms with Crippen molar-refractivity contribution in [3.8, 4) is 0 Å². The number of piperidine rings is 1. The van der Waals surface area contributed by atoms with Crippen LogP contribution >= 0.6 is 0 Å². The van der Waals surface area contributed by atoms with Gasteiger partial charge in [-0.25, -0.2) is 13.1 Å². The summed E-state index contributed by atoms with van der Waals surface area (Å²) < 4.78 is 25.4. The van der Waals surface area contributed by atoms with Crippen molar-refractivity contribution >= 4 is 21.6 Å². The molecule has 2 aliphatic heterocycles. The molecule has 0 radical (unpaired) electrons. The van der Waals surface area contributed by atoms with Gasteiger partial charge >= 0.3 is 0 Å². The first-order chi connectivity index (χ1) is 10.9. The summed E-state index contributed by atoms with van der Waals surface area (Å²) in [7, 11) is -3.20. The van der Waals surface area contributed by atoms with Crippen LogP contribution in [0.4, 0.5) is 5.69 Å².